The van der Waals surface area contributed by atoms with Crippen LogP contribution in [-0.2, 0) is 14.4 Å². The third kappa shape index (κ3) is 8.73. The number of nitro benzene ring substituents is 1. The summed E-state index contributed by atoms with van der Waals surface area (Å²) in [5, 5.41) is 23.0. The second kappa shape index (κ2) is 10.8. The van der Waals surface area contributed by atoms with E-state index in [2.05, 4.69) is 10.6 Å². The van der Waals surface area contributed by atoms with Crippen molar-refractivity contribution in [1.29, 1.82) is 0 Å². The molecule has 0 heterocycles. The number of nitrogens with one attached hydrogen (secondary N) is 2. The van der Waals surface area contributed by atoms with E-state index in [0.29, 0.717) is 5.69 Å². The van der Waals surface area contributed by atoms with Gasteiger partial charge in [-0.3, -0.25) is 24.5 Å². The summed E-state index contributed by atoms with van der Waals surface area (Å²) in [6.45, 7) is 6.24. The van der Waals surface area contributed by atoms with Crippen molar-refractivity contribution in [1.82, 2.24) is 5.32 Å². The number of rotatable bonds is 6. The van der Waals surface area contributed by atoms with Gasteiger partial charge in [0.2, 0.25) is 11.8 Å². The van der Waals surface area contributed by atoms with E-state index in [1.165, 1.54) is 31.2 Å². The van der Waals surface area contributed by atoms with Gasteiger partial charge in [0.1, 0.15) is 6.04 Å². The van der Waals surface area contributed by atoms with Crippen molar-refractivity contribution in [3.8, 4) is 0 Å². The van der Waals surface area contributed by atoms with Crippen LogP contribution in [0.3, 0.4) is 0 Å². The first-order valence-electron chi connectivity index (χ1n) is 7.76. The lowest BCUT2D eigenvalue weighted by atomic mass is 10.0. The summed E-state index contributed by atoms with van der Waals surface area (Å²) in [7, 11) is 0. The van der Waals surface area contributed by atoms with Gasteiger partial charge in [-0.15, -0.1) is 0 Å². The highest BCUT2D eigenvalue weighted by Crippen LogP contribution is 2.15. The quantitative estimate of drug-likeness (QED) is 0.431. The molecule has 0 bridgehead atoms. The molecule has 1 rings (SSSR count). The number of nitrogens with zero attached hydrogens (tertiary/aromatic N) is 1. The second-order valence-corrected chi connectivity index (χ2v) is 5.81. The molecule has 0 aromatic heterocycles. The Hall–Kier alpha value is -3.01. The zero-order valence-electron chi connectivity index (χ0n) is 15.1. The molecule has 0 unspecified atom stereocenters. The number of nitrogens with two attached hydrogens (primary N) is 1. The molecule has 0 aliphatic carbocycles. The van der Waals surface area contributed by atoms with E-state index in [1.807, 2.05) is 13.8 Å². The van der Waals surface area contributed by atoms with Gasteiger partial charge in [-0.05, 0) is 25.0 Å². The normalized spacial score (nSPS) is 12.2. The van der Waals surface area contributed by atoms with Crippen molar-refractivity contribution < 1.29 is 24.4 Å². The zero-order valence-corrected chi connectivity index (χ0v) is 15.1. The lowest BCUT2D eigenvalue weighted by molar-refractivity contribution is -0.384. The van der Waals surface area contributed by atoms with E-state index in [4.69, 9.17) is 15.6 Å². The van der Waals surface area contributed by atoms with Gasteiger partial charge < -0.3 is 21.5 Å². The van der Waals surface area contributed by atoms with Gasteiger partial charge in [0, 0.05) is 24.7 Å². The molecule has 10 heteroatoms. The first kappa shape index (κ1) is 23.0. The van der Waals surface area contributed by atoms with Crippen LogP contribution in [0.4, 0.5) is 11.4 Å². The van der Waals surface area contributed by atoms with Gasteiger partial charge in [-0.2, -0.15) is 0 Å². The number of nitro groups is 1. The van der Waals surface area contributed by atoms with Crippen molar-refractivity contribution in [2.45, 2.75) is 39.8 Å². The molecule has 144 valence electrons. The highest BCUT2D eigenvalue weighted by Gasteiger charge is 2.22. The molecule has 1 aromatic rings. The van der Waals surface area contributed by atoms with Crippen LogP contribution in [0.5, 0.6) is 0 Å². The number of benzene rings is 1. The molecule has 0 saturated carbocycles. The van der Waals surface area contributed by atoms with Crippen LogP contribution in [0.15, 0.2) is 24.3 Å². The van der Waals surface area contributed by atoms with Crippen molar-refractivity contribution in [2.24, 2.45) is 11.7 Å². The maximum absolute atomic E-state index is 12.0. The predicted molar refractivity (Wildman–Crippen MR) is 95.5 cm³/mol. The van der Waals surface area contributed by atoms with Crippen molar-refractivity contribution in [3.63, 3.8) is 0 Å². The molecule has 0 fully saturated rings. The third-order valence-electron chi connectivity index (χ3n) is 3.12. The van der Waals surface area contributed by atoms with Crippen LogP contribution >= 0.6 is 0 Å². The lowest BCUT2D eigenvalue weighted by Crippen LogP contribution is -2.50. The van der Waals surface area contributed by atoms with Crippen LogP contribution in [-0.4, -0.2) is 39.9 Å². The fourth-order valence-electron chi connectivity index (χ4n) is 1.59. The SMILES string of the molecule is CC(=O)O.CC(C)[C@H](N)C(=O)N[C@@H](C)C(=O)Nc1ccc([N+](=O)[O-])cc1. The van der Waals surface area contributed by atoms with E-state index in [0.717, 1.165) is 6.92 Å². The molecule has 1 aromatic carbocycles. The predicted octanol–water partition coefficient (Wildman–Crippen LogP) is 1.11. The maximum Gasteiger partial charge on any atom is 0.300 e. The number of anilines is 1. The fraction of sp³-hybridized carbons (Fsp3) is 0.438. The molecule has 5 N–H and O–H groups in total. The van der Waals surface area contributed by atoms with E-state index in [9.17, 15) is 19.7 Å². The molecule has 0 spiro atoms. The highest BCUT2D eigenvalue weighted by atomic mass is 16.6. The van der Waals surface area contributed by atoms with E-state index in [1.54, 1.807) is 0 Å². The number of hydrogen-bond acceptors (Lipinski definition) is 6. The average molecular weight is 368 g/mol. The summed E-state index contributed by atoms with van der Waals surface area (Å²) in [6, 6.07) is 3.96. The Morgan fingerprint density at radius 2 is 1.58 bits per heavy atom. The monoisotopic (exact) mass is 368 g/mol. The number of carbonyl (C=O) groups excluding carboxylic acids is 2. The Kier molecular flexibility index (Phi) is 9.52. The van der Waals surface area contributed by atoms with Gasteiger partial charge in [-0.1, -0.05) is 13.8 Å². The number of carbonyl (C=O) groups is 3. The average Bonchev–Trinajstić information content (AvgIpc) is 2.53. The smallest absolute Gasteiger partial charge is 0.300 e. The number of non-ortho nitro benzene ring substituents is 1. The van der Waals surface area contributed by atoms with Crippen molar-refractivity contribution in [2.75, 3.05) is 5.32 Å². The number of aliphatic carboxylic acids is 1. The molecule has 0 aliphatic heterocycles. The Labute approximate surface area is 150 Å². The molecule has 2 atom stereocenters. The van der Waals surface area contributed by atoms with Crippen molar-refractivity contribution in [3.05, 3.63) is 34.4 Å². The highest BCUT2D eigenvalue weighted by molar-refractivity contribution is 5.97. The summed E-state index contributed by atoms with van der Waals surface area (Å²) < 4.78 is 0. The first-order valence-corrected chi connectivity index (χ1v) is 7.76. The first-order chi connectivity index (χ1) is 12.0. The third-order valence-corrected chi connectivity index (χ3v) is 3.12. The van der Waals surface area contributed by atoms with Crippen LogP contribution in [0.2, 0.25) is 0 Å². The molecule has 10 nitrogen and oxygen atoms in total. The molecule has 0 radical (unpaired) electrons. The van der Waals surface area contributed by atoms with Gasteiger partial charge in [0.25, 0.3) is 11.7 Å². The second-order valence-electron chi connectivity index (χ2n) is 5.81. The van der Waals surface area contributed by atoms with Crippen LogP contribution < -0.4 is 16.4 Å². The number of carboxylic acids is 1. The Morgan fingerprint density at radius 3 is 1.96 bits per heavy atom. The Bertz CT molecular complexity index is 641. The molecule has 0 aliphatic rings. The van der Waals surface area contributed by atoms with Gasteiger partial charge in [-0.25, -0.2) is 0 Å². The Balaban J connectivity index is 0.00000141. The topological polar surface area (TPSA) is 165 Å². The zero-order chi connectivity index (χ0) is 20.4. The summed E-state index contributed by atoms with van der Waals surface area (Å²) in [6.07, 6.45) is 0. The standard InChI is InChI=1S/C14H20N4O4.C2H4O2/c1-8(2)12(15)14(20)16-9(3)13(19)17-10-4-6-11(7-5-10)18(21)22;1-2(3)4/h4-9,12H,15H2,1-3H3,(H,16,20)(H,17,19);1H3,(H,3,4)/t9-,12-;/m0./s1. The largest absolute Gasteiger partial charge is 0.481 e. The van der Waals surface area contributed by atoms with Gasteiger partial charge >= 0.3 is 0 Å². The minimum atomic E-state index is -0.833. The number of amides is 2. The molecule has 26 heavy (non-hydrogen) atoms. The fourth-order valence-corrected chi connectivity index (χ4v) is 1.59. The molecule has 0 saturated heterocycles. The van der Waals surface area contributed by atoms with E-state index < -0.39 is 34.8 Å². The summed E-state index contributed by atoms with van der Waals surface area (Å²) >= 11 is 0. The van der Waals surface area contributed by atoms with E-state index in [-0.39, 0.29) is 11.6 Å². The van der Waals surface area contributed by atoms with Gasteiger partial charge in [0.15, 0.2) is 0 Å². The number of hydrogen-bond donors (Lipinski definition) is 4. The van der Waals surface area contributed by atoms with Crippen molar-refractivity contribution >= 4 is 29.2 Å². The lowest BCUT2D eigenvalue weighted by Gasteiger charge is -2.19. The summed E-state index contributed by atoms with van der Waals surface area (Å²) in [5.41, 5.74) is 6.04. The van der Waals surface area contributed by atoms with Crippen LogP contribution in [0, 0.1) is 16.0 Å². The Morgan fingerprint density at radius 1 is 1.12 bits per heavy atom. The maximum atomic E-state index is 12.0. The molecule has 2 amide bonds. The molecular formula is C16H24N4O6. The molecular weight excluding hydrogens is 344 g/mol. The number of carboxylic acid groups (broad SMARTS) is 1. The summed E-state index contributed by atoms with van der Waals surface area (Å²) in [5.74, 6) is -1.70. The minimum Gasteiger partial charge on any atom is -0.481 e. The van der Waals surface area contributed by atoms with Crippen LogP contribution in [0.1, 0.15) is 27.7 Å². The van der Waals surface area contributed by atoms with Crippen LogP contribution in [0.25, 0.3) is 0 Å². The summed E-state index contributed by atoms with van der Waals surface area (Å²) in [4.78, 5) is 42.8. The van der Waals surface area contributed by atoms with E-state index >= 15 is 0 Å². The van der Waals surface area contributed by atoms with Gasteiger partial charge in [0.05, 0.1) is 11.0 Å². The minimum absolute atomic E-state index is 0.0371.